The lowest BCUT2D eigenvalue weighted by atomic mass is 9.96. The van der Waals surface area contributed by atoms with E-state index in [2.05, 4.69) is 0 Å². The van der Waals surface area contributed by atoms with Gasteiger partial charge >= 0.3 is 17.9 Å². The molecule has 0 spiro atoms. The van der Waals surface area contributed by atoms with Crippen LogP contribution in [-0.4, -0.2) is 103 Å². The van der Waals surface area contributed by atoms with E-state index in [1.165, 1.54) is 13.8 Å². The predicted molar refractivity (Wildman–Crippen MR) is 204 cm³/mol. The molecule has 14 heteroatoms. The summed E-state index contributed by atoms with van der Waals surface area (Å²) in [6.45, 7) is 2.12. The van der Waals surface area contributed by atoms with Crippen LogP contribution in [0.5, 0.6) is 0 Å². The Balaban J connectivity index is 1.33. The molecule has 14 nitrogen and oxygen atoms in total. The minimum Gasteiger partial charge on any atom is -0.463 e. The molecule has 0 unspecified atom stereocenters. The standard InChI is InChI=1S/C44H48O14/c1-28(45)51-27-35-37(54-29(2)46)39(52-24-31-17-9-4-10-18-31)41(53-25-32-19-11-5-12-20-32)44(56-35)58-40-38(57-42(48)33-21-13-6-14-22-33)36(47)34(55-43(40)49)26-50-23-30-15-7-3-8-16-30/h3-22,34-41,43-44,47,49H,23-27H2,1-2H3/t34-,35-,36-,37-,38+,39+,40-,41-,43-,44+/m1/s1. The van der Waals surface area contributed by atoms with E-state index < -0.39 is 79.3 Å². The Morgan fingerprint density at radius 3 is 1.64 bits per heavy atom. The molecular formula is C44H48O14. The van der Waals surface area contributed by atoms with Crippen molar-refractivity contribution in [3.63, 3.8) is 0 Å². The van der Waals surface area contributed by atoms with Crippen LogP contribution in [0.25, 0.3) is 0 Å². The van der Waals surface area contributed by atoms with Crippen molar-refractivity contribution >= 4 is 17.9 Å². The SMILES string of the molecule is CC(=O)OC[C@H]1O[C@@H](O[C@@H]2[C@@H](OC(=O)c3ccccc3)[C@H](O)[C@@H](COCc3ccccc3)O[C@H]2O)[C@H](OCc2ccccc2)[C@@H](OCc2ccccc2)[C@@H]1OC(C)=O. The largest absolute Gasteiger partial charge is 0.463 e. The van der Waals surface area contributed by atoms with Crippen molar-refractivity contribution in [3.05, 3.63) is 144 Å². The summed E-state index contributed by atoms with van der Waals surface area (Å²) in [5, 5.41) is 23.4. The number of benzene rings is 4. The predicted octanol–water partition coefficient (Wildman–Crippen LogP) is 4.28. The Bertz CT molecular complexity index is 1860. The molecule has 0 radical (unpaired) electrons. The van der Waals surface area contributed by atoms with Gasteiger partial charge in [-0.3, -0.25) is 9.59 Å². The van der Waals surface area contributed by atoms with Gasteiger partial charge in [-0.2, -0.15) is 0 Å². The first-order valence-corrected chi connectivity index (χ1v) is 19.0. The molecule has 10 atom stereocenters. The van der Waals surface area contributed by atoms with Gasteiger partial charge < -0.3 is 52.8 Å². The van der Waals surface area contributed by atoms with E-state index in [9.17, 15) is 24.6 Å². The summed E-state index contributed by atoms with van der Waals surface area (Å²) >= 11 is 0. The molecule has 0 amide bonds. The van der Waals surface area contributed by atoms with Crippen molar-refractivity contribution in [2.45, 2.75) is 95.1 Å². The van der Waals surface area contributed by atoms with Gasteiger partial charge in [-0.05, 0) is 28.8 Å². The summed E-state index contributed by atoms with van der Waals surface area (Å²) in [6.07, 6.45) is -13.8. The molecule has 2 N–H and O–H groups in total. The van der Waals surface area contributed by atoms with E-state index >= 15 is 0 Å². The van der Waals surface area contributed by atoms with Crippen molar-refractivity contribution in [2.24, 2.45) is 0 Å². The zero-order chi connectivity index (χ0) is 40.9. The maximum absolute atomic E-state index is 13.5. The van der Waals surface area contributed by atoms with Gasteiger partial charge in [0.25, 0.3) is 0 Å². The molecule has 0 saturated carbocycles. The summed E-state index contributed by atoms with van der Waals surface area (Å²) < 4.78 is 54.7. The first kappa shape index (κ1) is 42.6. The molecular weight excluding hydrogens is 752 g/mol. The quantitative estimate of drug-likeness (QED) is 0.114. The third-order valence-corrected chi connectivity index (χ3v) is 9.49. The van der Waals surface area contributed by atoms with Gasteiger partial charge in [0, 0.05) is 13.8 Å². The van der Waals surface area contributed by atoms with Crippen LogP contribution in [-0.2, 0) is 72.0 Å². The highest BCUT2D eigenvalue weighted by molar-refractivity contribution is 5.89. The van der Waals surface area contributed by atoms with Crippen LogP contribution in [0, 0.1) is 0 Å². The monoisotopic (exact) mass is 800 g/mol. The van der Waals surface area contributed by atoms with Crippen LogP contribution in [0.1, 0.15) is 40.9 Å². The molecule has 58 heavy (non-hydrogen) atoms. The fraction of sp³-hybridized carbons (Fsp3) is 0.386. The fourth-order valence-corrected chi connectivity index (χ4v) is 6.67. The Labute approximate surface area is 336 Å². The summed E-state index contributed by atoms with van der Waals surface area (Å²) in [5.74, 6) is -2.09. The van der Waals surface area contributed by atoms with E-state index in [1.54, 1.807) is 30.3 Å². The smallest absolute Gasteiger partial charge is 0.338 e. The maximum Gasteiger partial charge on any atom is 0.338 e. The maximum atomic E-state index is 13.5. The van der Waals surface area contributed by atoms with E-state index in [1.807, 2.05) is 91.0 Å². The average Bonchev–Trinajstić information content (AvgIpc) is 3.23. The Morgan fingerprint density at radius 2 is 1.09 bits per heavy atom. The van der Waals surface area contributed by atoms with Gasteiger partial charge in [-0.1, -0.05) is 109 Å². The number of aliphatic hydroxyl groups is 2. The Hall–Kier alpha value is -5.03. The first-order chi connectivity index (χ1) is 28.2. The summed E-state index contributed by atoms with van der Waals surface area (Å²) in [4.78, 5) is 38.2. The third-order valence-electron chi connectivity index (χ3n) is 9.49. The van der Waals surface area contributed by atoms with Crippen LogP contribution in [0.3, 0.4) is 0 Å². The molecule has 2 fully saturated rings. The third kappa shape index (κ3) is 11.8. The van der Waals surface area contributed by atoms with Crippen LogP contribution in [0.2, 0.25) is 0 Å². The van der Waals surface area contributed by atoms with Crippen LogP contribution in [0.4, 0.5) is 0 Å². The topological polar surface area (TPSA) is 175 Å². The number of rotatable bonds is 17. The Morgan fingerprint density at radius 1 is 0.552 bits per heavy atom. The molecule has 2 aliphatic rings. The van der Waals surface area contributed by atoms with Gasteiger partial charge in [-0.15, -0.1) is 0 Å². The van der Waals surface area contributed by atoms with Crippen molar-refractivity contribution < 1.29 is 67.2 Å². The van der Waals surface area contributed by atoms with E-state index in [0.29, 0.717) is 0 Å². The van der Waals surface area contributed by atoms with Crippen molar-refractivity contribution in [1.29, 1.82) is 0 Å². The highest BCUT2D eigenvalue weighted by Crippen LogP contribution is 2.35. The van der Waals surface area contributed by atoms with Crippen LogP contribution >= 0.6 is 0 Å². The van der Waals surface area contributed by atoms with Crippen LogP contribution in [0.15, 0.2) is 121 Å². The fourth-order valence-electron chi connectivity index (χ4n) is 6.67. The van der Waals surface area contributed by atoms with E-state index in [4.69, 9.17) is 42.6 Å². The van der Waals surface area contributed by atoms with Crippen LogP contribution < -0.4 is 0 Å². The highest BCUT2D eigenvalue weighted by Gasteiger charge is 2.55. The second-order valence-corrected chi connectivity index (χ2v) is 13.8. The Kier molecular flexibility index (Phi) is 15.5. The normalized spacial score (nSPS) is 27.0. The first-order valence-electron chi connectivity index (χ1n) is 19.0. The molecule has 4 aromatic rings. The molecule has 2 heterocycles. The molecule has 2 aliphatic heterocycles. The summed E-state index contributed by atoms with van der Waals surface area (Å²) in [7, 11) is 0. The molecule has 4 aromatic carbocycles. The molecule has 0 bridgehead atoms. The minimum atomic E-state index is -1.80. The van der Waals surface area contributed by atoms with E-state index in [0.717, 1.165) is 16.7 Å². The average molecular weight is 801 g/mol. The summed E-state index contributed by atoms with van der Waals surface area (Å²) in [6, 6.07) is 36.0. The molecule has 0 aliphatic carbocycles. The molecule has 0 aromatic heterocycles. The van der Waals surface area contributed by atoms with Crippen molar-refractivity contribution in [2.75, 3.05) is 13.2 Å². The second kappa shape index (κ2) is 21.1. The zero-order valence-corrected chi connectivity index (χ0v) is 32.1. The lowest BCUT2D eigenvalue weighted by Gasteiger charge is -2.48. The molecule has 2 saturated heterocycles. The van der Waals surface area contributed by atoms with Gasteiger partial charge in [0.1, 0.15) is 37.1 Å². The minimum absolute atomic E-state index is 0.0148. The summed E-state index contributed by atoms with van der Waals surface area (Å²) in [5.41, 5.74) is 2.62. The van der Waals surface area contributed by atoms with E-state index in [-0.39, 0.29) is 38.6 Å². The number of esters is 3. The lowest BCUT2D eigenvalue weighted by Crippen LogP contribution is -2.66. The van der Waals surface area contributed by atoms with Crippen molar-refractivity contribution in [3.8, 4) is 0 Å². The second-order valence-electron chi connectivity index (χ2n) is 13.8. The molecule has 6 rings (SSSR count). The number of aliphatic hydroxyl groups excluding tert-OH is 2. The zero-order valence-electron chi connectivity index (χ0n) is 32.1. The lowest BCUT2D eigenvalue weighted by molar-refractivity contribution is -0.369. The number of hydrogen-bond donors (Lipinski definition) is 2. The van der Waals surface area contributed by atoms with Crippen molar-refractivity contribution in [1.82, 2.24) is 0 Å². The number of hydrogen-bond acceptors (Lipinski definition) is 14. The van der Waals surface area contributed by atoms with Gasteiger partial charge in [0.15, 0.2) is 30.9 Å². The van der Waals surface area contributed by atoms with Gasteiger partial charge in [0.05, 0.1) is 32.0 Å². The number of carbonyl (C=O) groups is 3. The highest BCUT2D eigenvalue weighted by atomic mass is 16.8. The van der Waals surface area contributed by atoms with Gasteiger partial charge in [-0.25, -0.2) is 4.79 Å². The molecule has 308 valence electrons. The van der Waals surface area contributed by atoms with Gasteiger partial charge in [0.2, 0.25) is 0 Å². The number of ether oxygens (including phenoxy) is 9. The number of carbonyl (C=O) groups excluding carboxylic acids is 3.